The molecule has 4 aliphatic rings. The molecule has 3 fully saturated rings. The third kappa shape index (κ3) is 6.29. The van der Waals surface area contributed by atoms with Gasteiger partial charge in [-0.3, -0.25) is 4.90 Å². The van der Waals surface area contributed by atoms with E-state index >= 15 is 0 Å². The van der Waals surface area contributed by atoms with Crippen molar-refractivity contribution in [3.8, 4) is 11.5 Å². The molecule has 7 nitrogen and oxygen atoms in total. The van der Waals surface area contributed by atoms with Crippen LogP contribution in [0.4, 0.5) is 0 Å². The Labute approximate surface area is 274 Å². The summed E-state index contributed by atoms with van der Waals surface area (Å²) in [5.74, 6) is 2.24. The molecule has 3 saturated carbocycles. The Balaban J connectivity index is 1.22. The molecule has 4 aliphatic carbocycles. The fraction of sp³-hybridized carbons (Fsp3) is 0.590. The molecule has 7 unspecified atom stereocenters. The van der Waals surface area contributed by atoms with Crippen molar-refractivity contribution in [1.29, 1.82) is 0 Å². The van der Waals surface area contributed by atoms with E-state index in [1.54, 1.807) is 14.2 Å². The van der Waals surface area contributed by atoms with Crippen molar-refractivity contribution in [1.82, 2.24) is 4.90 Å². The summed E-state index contributed by atoms with van der Waals surface area (Å²) in [5, 5.41) is 34.3. The van der Waals surface area contributed by atoms with Crippen LogP contribution in [0.15, 0.2) is 71.8 Å². The van der Waals surface area contributed by atoms with Crippen LogP contribution in [0.5, 0.6) is 11.5 Å². The molecular weight excluding hydrogens is 578 g/mol. The Morgan fingerprint density at radius 3 is 2.48 bits per heavy atom. The Morgan fingerprint density at radius 2 is 1.72 bits per heavy atom. The topological polar surface area (TPSA) is 91.6 Å². The van der Waals surface area contributed by atoms with Gasteiger partial charge in [0.1, 0.15) is 11.5 Å². The molecule has 0 saturated heterocycles. The van der Waals surface area contributed by atoms with Gasteiger partial charge in [0.05, 0.1) is 45.2 Å². The highest BCUT2D eigenvalue weighted by Crippen LogP contribution is 2.66. The molecule has 0 spiro atoms. The van der Waals surface area contributed by atoms with Gasteiger partial charge in [-0.1, -0.05) is 73.5 Å². The first-order valence-electron chi connectivity index (χ1n) is 17.1. The van der Waals surface area contributed by atoms with Crippen molar-refractivity contribution in [2.75, 3.05) is 33.9 Å². The molecule has 0 amide bonds. The van der Waals surface area contributed by atoms with Gasteiger partial charge >= 0.3 is 0 Å². The zero-order valence-corrected chi connectivity index (χ0v) is 28.1. The summed E-state index contributed by atoms with van der Waals surface area (Å²) in [4.78, 5) is 2.19. The van der Waals surface area contributed by atoms with Crippen LogP contribution in [0.2, 0.25) is 0 Å². The van der Waals surface area contributed by atoms with E-state index in [9.17, 15) is 15.3 Å². The van der Waals surface area contributed by atoms with Crippen molar-refractivity contribution in [3.05, 3.63) is 83.0 Å². The van der Waals surface area contributed by atoms with E-state index in [-0.39, 0.29) is 23.5 Å². The molecule has 0 aromatic heterocycles. The number of hydrogen-bond donors (Lipinski definition) is 3. The summed E-state index contributed by atoms with van der Waals surface area (Å²) >= 11 is 0. The zero-order chi connectivity index (χ0) is 32.5. The van der Waals surface area contributed by atoms with Gasteiger partial charge in [0.15, 0.2) is 0 Å². The predicted octanol–water partition coefficient (Wildman–Crippen LogP) is 6.06. The zero-order valence-electron chi connectivity index (χ0n) is 28.1. The molecule has 7 atom stereocenters. The maximum atomic E-state index is 12.7. The van der Waals surface area contributed by atoms with Gasteiger partial charge < -0.3 is 29.5 Å². The molecule has 3 N–H and O–H groups in total. The number of methoxy groups -OCH3 is 2. The second-order valence-corrected chi connectivity index (χ2v) is 14.8. The summed E-state index contributed by atoms with van der Waals surface area (Å²) in [6.07, 6.45) is 10.1. The summed E-state index contributed by atoms with van der Waals surface area (Å²) in [5.41, 5.74) is 3.87. The average molecular weight is 632 g/mol. The van der Waals surface area contributed by atoms with Crippen molar-refractivity contribution < 1.29 is 29.5 Å². The molecule has 2 aromatic carbocycles. The number of rotatable bonds is 12. The Bertz CT molecular complexity index is 1420. The molecule has 250 valence electrons. The summed E-state index contributed by atoms with van der Waals surface area (Å²) in [7, 11) is 3.30. The lowest BCUT2D eigenvalue weighted by Gasteiger charge is -2.56. The largest absolute Gasteiger partial charge is 0.497 e. The number of benzene rings is 2. The van der Waals surface area contributed by atoms with Gasteiger partial charge in [-0.25, -0.2) is 0 Å². The van der Waals surface area contributed by atoms with Crippen LogP contribution in [0, 0.1) is 22.7 Å². The van der Waals surface area contributed by atoms with E-state index in [1.807, 2.05) is 48.5 Å². The maximum Gasteiger partial charge on any atom is 0.127 e. The van der Waals surface area contributed by atoms with Crippen LogP contribution < -0.4 is 9.47 Å². The molecular formula is C39H53NO6. The van der Waals surface area contributed by atoms with Gasteiger partial charge in [0.25, 0.3) is 0 Å². The summed E-state index contributed by atoms with van der Waals surface area (Å²) < 4.78 is 17.1. The van der Waals surface area contributed by atoms with Crippen LogP contribution in [-0.2, 0) is 17.9 Å². The van der Waals surface area contributed by atoms with Gasteiger partial charge in [-0.2, -0.15) is 0 Å². The minimum absolute atomic E-state index is 0.103. The molecule has 2 aromatic rings. The predicted molar refractivity (Wildman–Crippen MR) is 180 cm³/mol. The van der Waals surface area contributed by atoms with Crippen LogP contribution in [-0.4, -0.2) is 71.9 Å². The molecule has 0 aliphatic heterocycles. The van der Waals surface area contributed by atoms with Gasteiger partial charge in [0, 0.05) is 36.7 Å². The fourth-order valence-electron chi connectivity index (χ4n) is 9.37. The van der Waals surface area contributed by atoms with Gasteiger partial charge in [-0.05, 0) is 73.8 Å². The minimum Gasteiger partial charge on any atom is -0.497 e. The number of aliphatic hydroxyl groups excluding tert-OH is 2. The van der Waals surface area contributed by atoms with Crippen molar-refractivity contribution in [2.24, 2.45) is 22.7 Å². The quantitative estimate of drug-likeness (QED) is 0.262. The van der Waals surface area contributed by atoms with E-state index in [1.165, 1.54) is 11.1 Å². The number of allylic oxidation sites excluding steroid dienone is 3. The Hall–Kier alpha value is -2.68. The number of nitrogens with zero attached hydrogens (tertiary/aromatic N) is 1. The Morgan fingerprint density at radius 1 is 0.935 bits per heavy atom. The standard InChI is InChI=1S/C39H53NO6/c1-37-17-14-30(41)20-29(37)11-13-33-34(37)15-18-38(2)35(33)16-19-39(38,43)26-40(22-28-10-12-32(44-3)21-36(28)45-4)23-31(42)25-46-24-27-8-6-5-7-9-27/h5-13,21,30-31,34-35,41-43H,14-20,22-26H2,1-4H3. The highest BCUT2D eigenvalue weighted by molar-refractivity contribution is 5.41. The molecule has 0 radical (unpaired) electrons. The van der Waals surface area contributed by atoms with Crippen molar-refractivity contribution >= 4 is 0 Å². The van der Waals surface area contributed by atoms with E-state index < -0.39 is 11.7 Å². The Kier molecular flexibility index (Phi) is 9.71. The number of ether oxygens (including phenoxy) is 3. The highest BCUT2D eigenvalue weighted by Gasteiger charge is 2.62. The van der Waals surface area contributed by atoms with Crippen molar-refractivity contribution in [2.45, 2.75) is 89.8 Å². The number of aliphatic hydroxyl groups is 3. The molecule has 7 heteroatoms. The van der Waals surface area contributed by atoms with E-state index in [0.717, 1.165) is 67.6 Å². The summed E-state index contributed by atoms with van der Waals surface area (Å²) in [6.45, 7) is 6.71. The molecule has 0 heterocycles. The SMILES string of the molecule is COc1ccc(CN(CC(O)COCc2ccccc2)CC2(O)CCC3C4=CC=C5CC(O)CCC5(C)C4CCC32C)c(OC)c1. The first-order chi connectivity index (χ1) is 22.1. The van der Waals surface area contributed by atoms with Crippen LogP contribution in [0.25, 0.3) is 0 Å². The first kappa shape index (κ1) is 33.2. The van der Waals surface area contributed by atoms with E-state index in [2.05, 4.69) is 30.9 Å². The van der Waals surface area contributed by atoms with Crippen molar-refractivity contribution in [3.63, 3.8) is 0 Å². The number of fused-ring (bicyclic) bond motifs is 5. The molecule has 6 rings (SSSR count). The molecule has 0 bridgehead atoms. The van der Waals surface area contributed by atoms with Crippen LogP contribution in [0.1, 0.15) is 69.9 Å². The fourth-order valence-corrected chi connectivity index (χ4v) is 9.37. The monoisotopic (exact) mass is 631 g/mol. The lowest BCUT2D eigenvalue weighted by Crippen LogP contribution is -2.56. The van der Waals surface area contributed by atoms with Crippen LogP contribution in [0.3, 0.4) is 0 Å². The first-order valence-corrected chi connectivity index (χ1v) is 17.1. The second-order valence-electron chi connectivity index (χ2n) is 14.8. The summed E-state index contributed by atoms with van der Waals surface area (Å²) in [6, 6.07) is 15.8. The van der Waals surface area contributed by atoms with E-state index in [4.69, 9.17) is 14.2 Å². The maximum absolute atomic E-state index is 12.7. The van der Waals surface area contributed by atoms with Crippen LogP contribution >= 0.6 is 0 Å². The third-order valence-corrected chi connectivity index (χ3v) is 12.1. The lowest BCUT2D eigenvalue weighted by molar-refractivity contribution is -0.108. The minimum atomic E-state index is -0.915. The normalized spacial score (nSPS) is 32.6. The number of hydrogen-bond acceptors (Lipinski definition) is 7. The van der Waals surface area contributed by atoms with Gasteiger partial charge in [-0.15, -0.1) is 0 Å². The smallest absolute Gasteiger partial charge is 0.127 e. The lowest BCUT2D eigenvalue weighted by atomic mass is 9.50. The highest BCUT2D eigenvalue weighted by atomic mass is 16.5. The molecule has 46 heavy (non-hydrogen) atoms. The van der Waals surface area contributed by atoms with Gasteiger partial charge in [0.2, 0.25) is 0 Å². The average Bonchev–Trinajstić information content (AvgIpc) is 3.31. The van der Waals surface area contributed by atoms with E-state index in [0.29, 0.717) is 38.1 Å². The second kappa shape index (κ2) is 13.4. The third-order valence-electron chi connectivity index (χ3n) is 12.1.